The number of aromatic nitrogens is 2. The van der Waals surface area contributed by atoms with Crippen LogP contribution in [0.15, 0.2) is 6.20 Å². The fourth-order valence-electron chi connectivity index (χ4n) is 2.49. The zero-order valence-corrected chi connectivity index (χ0v) is 12.5. The van der Waals surface area contributed by atoms with Crippen molar-refractivity contribution in [1.82, 2.24) is 9.78 Å². The molecule has 1 unspecified atom stereocenters. The Hall–Kier alpha value is -2.43. The zero-order valence-electron chi connectivity index (χ0n) is 11.6. The monoisotopic (exact) mass is 322 g/mol. The van der Waals surface area contributed by atoms with Crippen molar-refractivity contribution in [3.8, 4) is 12.1 Å². The molecular formula is C12H14N6O3S. The van der Waals surface area contributed by atoms with Gasteiger partial charge in [-0.25, -0.2) is 18.2 Å². The summed E-state index contributed by atoms with van der Waals surface area (Å²) in [7, 11) is -3.67. The number of carbonyl (C=O) groups excluding carboxylic acids is 1. The van der Waals surface area contributed by atoms with Crippen molar-refractivity contribution >= 4 is 21.7 Å². The second-order valence-corrected chi connectivity index (χ2v) is 6.69. The molecule has 0 bridgehead atoms. The molecule has 2 rings (SSSR count). The van der Waals surface area contributed by atoms with Gasteiger partial charge in [-0.1, -0.05) is 0 Å². The quantitative estimate of drug-likeness (QED) is 0.759. The average molecular weight is 322 g/mol. The van der Waals surface area contributed by atoms with Crippen molar-refractivity contribution in [3.05, 3.63) is 11.8 Å². The fraction of sp³-hybridized carbons (Fsp3) is 0.500. The van der Waals surface area contributed by atoms with Crippen LogP contribution in [0.1, 0.15) is 18.4 Å². The topological polar surface area (TPSA) is 146 Å². The maximum Gasteiger partial charge on any atom is 0.228 e. The molecule has 0 radical (unpaired) electrons. The highest BCUT2D eigenvalue weighted by Crippen LogP contribution is 2.28. The summed E-state index contributed by atoms with van der Waals surface area (Å²) in [4.78, 5) is 13.5. The Morgan fingerprint density at radius 1 is 1.45 bits per heavy atom. The molecule has 2 heterocycles. The number of amides is 1. The second-order valence-electron chi connectivity index (χ2n) is 5.03. The lowest BCUT2D eigenvalue weighted by Crippen LogP contribution is -2.30. The van der Waals surface area contributed by atoms with Gasteiger partial charge in [-0.15, -0.1) is 0 Å². The molecule has 2 N–H and O–H groups in total. The van der Waals surface area contributed by atoms with E-state index in [0.29, 0.717) is 5.82 Å². The van der Waals surface area contributed by atoms with Gasteiger partial charge in [0.2, 0.25) is 15.9 Å². The normalized spacial score (nSPS) is 18.2. The molecule has 1 aromatic heterocycles. The van der Waals surface area contributed by atoms with Crippen LogP contribution in [0.3, 0.4) is 0 Å². The van der Waals surface area contributed by atoms with E-state index in [9.17, 15) is 13.2 Å². The summed E-state index contributed by atoms with van der Waals surface area (Å²) >= 11 is 0. The third kappa shape index (κ3) is 3.42. The summed E-state index contributed by atoms with van der Waals surface area (Å²) in [6, 6.07) is 3.92. The first kappa shape index (κ1) is 15.9. The van der Waals surface area contributed by atoms with E-state index in [1.165, 1.54) is 15.8 Å². The third-order valence-corrected chi connectivity index (χ3v) is 4.23. The Labute approximate surface area is 127 Å². The molecule has 1 fully saturated rings. The van der Waals surface area contributed by atoms with Gasteiger partial charge in [0.05, 0.1) is 31.0 Å². The van der Waals surface area contributed by atoms with Gasteiger partial charge in [0.15, 0.2) is 5.82 Å². The Bertz CT molecular complexity index is 770. The number of nitrogens with two attached hydrogens (primary N) is 1. The van der Waals surface area contributed by atoms with Crippen LogP contribution in [0.4, 0.5) is 5.82 Å². The van der Waals surface area contributed by atoms with E-state index in [1.54, 1.807) is 0 Å². The van der Waals surface area contributed by atoms with Gasteiger partial charge in [-0.3, -0.25) is 9.69 Å². The van der Waals surface area contributed by atoms with Gasteiger partial charge < -0.3 is 0 Å². The van der Waals surface area contributed by atoms with Gasteiger partial charge >= 0.3 is 0 Å². The molecule has 0 saturated carbocycles. The molecule has 116 valence electrons. The molecule has 1 amide bonds. The van der Waals surface area contributed by atoms with E-state index in [2.05, 4.69) is 5.10 Å². The lowest BCUT2D eigenvalue weighted by Gasteiger charge is -2.18. The predicted molar refractivity (Wildman–Crippen MR) is 75.6 cm³/mol. The van der Waals surface area contributed by atoms with Gasteiger partial charge in [0, 0.05) is 18.9 Å². The minimum atomic E-state index is -3.67. The van der Waals surface area contributed by atoms with Gasteiger partial charge in [0.25, 0.3) is 0 Å². The highest BCUT2D eigenvalue weighted by Gasteiger charge is 2.35. The SMILES string of the molecule is N#CCCn1ncc(C#N)c1N1CC(CS(N)(=O)=O)CC1=O. The zero-order chi connectivity index (χ0) is 16.3. The van der Waals surface area contributed by atoms with E-state index < -0.39 is 15.9 Å². The Kier molecular flexibility index (Phi) is 4.45. The third-order valence-electron chi connectivity index (χ3n) is 3.30. The summed E-state index contributed by atoms with van der Waals surface area (Å²) in [6.07, 6.45) is 1.56. The van der Waals surface area contributed by atoms with Crippen molar-refractivity contribution in [2.45, 2.75) is 19.4 Å². The van der Waals surface area contributed by atoms with E-state index in [0.717, 1.165) is 0 Å². The molecule has 22 heavy (non-hydrogen) atoms. The van der Waals surface area contributed by atoms with Crippen LogP contribution < -0.4 is 10.0 Å². The first-order valence-electron chi connectivity index (χ1n) is 6.49. The van der Waals surface area contributed by atoms with E-state index in [1.807, 2.05) is 12.1 Å². The number of anilines is 1. The average Bonchev–Trinajstić information content (AvgIpc) is 2.97. The van der Waals surface area contributed by atoms with E-state index in [4.69, 9.17) is 15.7 Å². The number of primary sulfonamides is 1. The maximum absolute atomic E-state index is 12.1. The molecule has 10 heteroatoms. The molecule has 1 saturated heterocycles. The summed E-state index contributed by atoms with van der Waals surface area (Å²) < 4.78 is 23.7. The molecule has 1 aliphatic heterocycles. The minimum Gasteiger partial charge on any atom is -0.296 e. The van der Waals surface area contributed by atoms with Crippen LogP contribution in [-0.2, 0) is 21.4 Å². The first-order chi connectivity index (χ1) is 10.4. The molecule has 1 aliphatic rings. The number of carbonyl (C=O) groups is 1. The minimum absolute atomic E-state index is 0.0464. The van der Waals surface area contributed by atoms with Gasteiger partial charge in [0.1, 0.15) is 11.6 Å². The highest BCUT2D eigenvalue weighted by molar-refractivity contribution is 7.89. The number of hydrogen-bond donors (Lipinski definition) is 1. The highest BCUT2D eigenvalue weighted by atomic mass is 32.2. The molecule has 1 aromatic rings. The lowest BCUT2D eigenvalue weighted by molar-refractivity contribution is -0.117. The Balaban J connectivity index is 2.28. The molecule has 0 aliphatic carbocycles. The fourth-order valence-corrected chi connectivity index (χ4v) is 3.37. The standard InChI is InChI=1S/C12H14N6O3S/c13-2-1-3-18-12(10(5-14)6-16-18)17-7-9(4-11(17)19)8-22(15,20)21/h6,9H,1,3-4,7-8H2,(H2,15,20,21). The summed E-state index contributed by atoms with van der Waals surface area (Å²) in [5.41, 5.74) is 0.211. The van der Waals surface area contributed by atoms with Crippen LogP contribution in [0, 0.1) is 28.6 Å². The molecule has 0 spiro atoms. The van der Waals surface area contributed by atoms with Crippen LogP contribution in [0.25, 0.3) is 0 Å². The van der Waals surface area contributed by atoms with Crippen molar-refractivity contribution in [2.75, 3.05) is 17.2 Å². The van der Waals surface area contributed by atoms with E-state index >= 15 is 0 Å². The lowest BCUT2D eigenvalue weighted by atomic mass is 10.1. The summed E-state index contributed by atoms with van der Waals surface area (Å²) in [5, 5.41) is 26.8. The van der Waals surface area contributed by atoms with Crippen molar-refractivity contribution in [3.63, 3.8) is 0 Å². The molecule has 1 atom stereocenters. The largest absolute Gasteiger partial charge is 0.296 e. The number of nitrogens with zero attached hydrogens (tertiary/aromatic N) is 5. The van der Waals surface area contributed by atoms with Crippen LogP contribution in [0.2, 0.25) is 0 Å². The first-order valence-corrected chi connectivity index (χ1v) is 8.21. The van der Waals surface area contributed by atoms with Gasteiger partial charge in [-0.05, 0) is 0 Å². The van der Waals surface area contributed by atoms with Crippen LogP contribution in [-0.4, -0.2) is 36.4 Å². The van der Waals surface area contributed by atoms with E-state index in [-0.39, 0.29) is 43.2 Å². The van der Waals surface area contributed by atoms with Crippen molar-refractivity contribution in [1.29, 1.82) is 10.5 Å². The van der Waals surface area contributed by atoms with Crippen LogP contribution >= 0.6 is 0 Å². The number of aryl methyl sites for hydroxylation is 1. The summed E-state index contributed by atoms with van der Waals surface area (Å²) in [6.45, 7) is 0.402. The number of nitriles is 2. The van der Waals surface area contributed by atoms with Gasteiger partial charge in [-0.2, -0.15) is 15.6 Å². The maximum atomic E-state index is 12.1. The Morgan fingerprint density at radius 3 is 2.77 bits per heavy atom. The Morgan fingerprint density at radius 2 is 2.18 bits per heavy atom. The number of hydrogen-bond acceptors (Lipinski definition) is 6. The van der Waals surface area contributed by atoms with Crippen LogP contribution in [0.5, 0.6) is 0 Å². The molecular weight excluding hydrogens is 308 g/mol. The smallest absolute Gasteiger partial charge is 0.228 e. The van der Waals surface area contributed by atoms with Crippen molar-refractivity contribution in [2.24, 2.45) is 11.1 Å². The molecule has 9 nitrogen and oxygen atoms in total. The number of rotatable bonds is 5. The molecule has 0 aromatic carbocycles. The predicted octanol–water partition coefficient (Wildman–Crippen LogP) is -0.690. The number of sulfonamides is 1. The second kappa shape index (κ2) is 6.13. The van der Waals surface area contributed by atoms with Crippen molar-refractivity contribution < 1.29 is 13.2 Å². The summed E-state index contributed by atoms with van der Waals surface area (Å²) in [5.74, 6) is -0.694.